The van der Waals surface area contributed by atoms with Crippen LogP contribution in [0.25, 0.3) is 5.69 Å². The third kappa shape index (κ3) is 4.18. The molecule has 0 aliphatic heterocycles. The van der Waals surface area contributed by atoms with Crippen molar-refractivity contribution in [1.82, 2.24) is 14.7 Å². The average molecular weight is 301 g/mol. The van der Waals surface area contributed by atoms with Gasteiger partial charge < -0.3 is 10.0 Å². The number of benzene rings is 1. The van der Waals surface area contributed by atoms with Crippen LogP contribution >= 0.6 is 0 Å². The monoisotopic (exact) mass is 301 g/mol. The zero-order valence-corrected chi connectivity index (χ0v) is 13.9. The normalized spacial score (nSPS) is 12.8. The number of nitrogens with zero attached hydrogens (tertiary/aromatic N) is 3. The lowest BCUT2D eigenvalue weighted by Crippen LogP contribution is -2.14. The van der Waals surface area contributed by atoms with Gasteiger partial charge in [0.25, 0.3) is 0 Å². The molecule has 1 heterocycles. The van der Waals surface area contributed by atoms with Crippen LogP contribution in [0, 0.1) is 0 Å². The molecule has 1 aromatic carbocycles. The minimum Gasteiger partial charge on any atom is -0.388 e. The Morgan fingerprint density at radius 1 is 1.23 bits per heavy atom. The van der Waals surface area contributed by atoms with Crippen LogP contribution in [0.2, 0.25) is 0 Å². The molecule has 0 radical (unpaired) electrons. The maximum absolute atomic E-state index is 10.5. The average Bonchev–Trinajstić information content (AvgIpc) is 2.92. The van der Waals surface area contributed by atoms with Crippen LogP contribution in [0.4, 0.5) is 0 Å². The van der Waals surface area contributed by atoms with Crippen LogP contribution < -0.4 is 0 Å². The van der Waals surface area contributed by atoms with Gasteiger partial charge in [-0.2, -0.15) is 5.10 Å². The van der Waals surface area contributed by atoms with Crippen molar-refractivity contribution in [2.45, 2.75) is 38.7 Å². The van der Waals surface area contributed by atoms with Crippen LogP contribution in [0.15, 0.2) is 36.5 Å². The molecule has 120 valence electrons. The van der Waals surface area contributed by atoms with Crippen molar-refractivity contribution in [3.05, 3.63) is 47.8 Å². The van der Waals surface area contributed by atoms with Crippen molar-refractivity contribution in [1.29, 1.82) is 0 Å². The second kappa shape index (κ2) is 8.11. The van der Waals surface area contributed by atoms with Crippen LogP contribution in [-0.4, -0.2) is 40.4 Å². The van der Waals surface area contributed by atoms with E-state index < -0.39 is 6.10 Å². The van der Waals surface area contributed by atoms with E-state index in [2.05, 4.69) is 31.0 Å². The van der Waals surface area contributed by atoms with Crippen molar-refractivity contribution in [2.75, 3.05) is 20.6 Å². The molecule has 22 heavy (non-hydrogen) atoms. The van der Waals surface area contributed by atoms with E-state index in [0.29, 0.717) is 0 Å². The number of hydrogen-bond acceptors (Lipinski definition) is 3. The van der Waals surface area contributed by atoms with Crippen molar-refractivity contribution in [3.63, 3.8) is 0 Å². The summed E-state index contributed by atoms with van der Waals surface area (Å²) >= 11 is 0. The Labute approximate surface area is 133 Å². The number of aromatic nitrogens is 2. The Morgan fingerprint density at radius 2 is 1.95 bits per heavy atom. The molecule has 0 aliphatic carbocycles. The lowest BCUT2D eigenvalue weighted by atomic mass is 10.0. The van der Waals surface area contributed by atoms with Gasteiger partial charge in [-0.25, -0.2) is 4.68 Å². The molecule has 0 spiro atoms. The van der Waals surface area contributed by atoms with Crippen LogP contribution in [0.1, 0.15) is 43.5 Å². The summed E-state index contributed by atoms with van der Waals surface area (Å²) in [5.74, 6) is 0. The smallest absolute Gasteiger partial charge is 0.0824 e. The van der Waals surface area contributed by atoms with Crippen LogP contribution in [0.5, 0.6) is 0 Å². The first kappa shape index (κ1) is 16.7. The summed E-state index contributed by atoms with van der Waals surface area (Å²) in [6.45, 7) is 3.15. The zero-order valence-electron chi connectivity index (χ0n) is 13.9. The summed E-state index contributed by atoms with van der Waals surface area (Å²) in [5.41, 5.74) is 3.16. The van der Waals surface area contributed by atoms with E-state index in [-0.39, 0.29) is 0 Å². The molecule has 4 nitrogen and oxygen atoms in total. The second-order valence-electron chi connectivity index (χ2n) is 6.01. The number of hydrogen-bond donors (Lipinski definition) is 1. The minimum atomic E-state index is -0.432. The highest BCUT2D eigenvalue weighted by Gasteiger charge is 2.18. The van der Waals surface area contributed by atoms with E-state index in [1.165, 1.54) is 0 Å². The topological polar surface area (TPSA) is 41.3 Å². The highest BCUT2D eigenvalue weighted by Crippen LogP contribution is 2.25. The Balaban J connectivity index is 2.19. The Bertz CT molecular complexity index is 563. The molecule has 0 saturated carbocycles. The standard InChI is InChI=1S/C18H27N3O/c1-4-9-17-16(18(22)12-8-13-20(2)3)14-19-21(17)15-10-6-5-7-11-15/h5-7,10-11,14,18,22H,4,8-9,12-13H2,1-3H3. The predicted octanol–water partition coefficient (Wildman–Crippen LogP) is 3.20. The third-order valence-corrected chi connectivity index (χ3v) is 3.83. The lowest BCUT2D eigenvalue weighted by molar-refractivity contribution is 0.159. The SMILES string of the molecule is CCCc1c(C(O)CCCN(C)C)cnn1-c1ccccc1. The Hall–Kier alpha value is -1.65. The molecule has 1 N–H and O–H groups in total. The minimum absolute atomic E-state index is 0.432. The van der Waals surface area contributed by atoms with E-state index in [9.17, 15) is 5.11 Å². The van der Waals surface area contributed by atoms with Crippen LogP contribution in [0.3, 0.4) is 0 Å². The summed E-state index contributed by atoms with van der Waals surface area (Å²) in [6.07, 6.45) is 5.12. The molecule has 1 atom stereocenters. The van der Waals surface area contributed by atoms with E-state index in [1.54, 1.807) is 0 Å². The first-order valence-electron chi connectivity index (χ1n) is 8.08. The summed E-state index contributed by atoms with van der Waals surface area (Å²) < 4.78 is 1.97. The Kier molecular flexibility index (Phi) is 6.16. The van der Waals surface area contributed by atoms with Gasteiger partial charge in [0.1, 0.15) is 0 Å². The van der Waals surface area contributed by atoms with Gasteiger partial charge in [-0.3, -0.25) is 0 Å². The van der Waals surface area contributed by atoms with Gasteiger partial charge in [-0.1, -0.05) is 31.5 Å². The molecule has 0 saturated heterocycles. The molecule has 4 heteroatoms. The molecule has 0 bridgehead atoms. The van der Waals surface area contributed by atoms with Gasteiger partial charge in [-0.15, -0.1) is 0 Å². The molecule has 0 amide bonds. The summed E-state index contributed by atoms with van der Waals surface area (Å²) in [7, 11) is 4.12. The number of aliphatic hydroxyl groups excluding tert-OH is 1. The van der Waals surface area contributed by atoms with Crippen molar-refractivity contribution >= 4 is 0 Å². The number of rotatable bonds is 8. The molecule has 0 aliphatic rings. The lowest BCUT2D eigenvalue weighted by Gasteiger charge is -2.15. The fourth-order valence-corrected chi connectivity index (χ4v) is 2.70. The molecular weight excluding hydrogens is 274 g/mol. The first-order chi connectivity index (χ1) is 10.6. The number of para-hydroxylation sites is 1. The maximum Gasteiger partial charge on any atom is 0.0824 e. The summed E-state index contributed by atoms with van der Waals surface area (Å²) in [5, 5.41) is 15.0. The molecule has 1 unspecified atom stereocenters. The van der Waals surface area contributed by atoms with Crippen molar-refractivity contribution < 1.29 is 5.11 Å². The van der Waals surface area contributed by atoms with Gasteiger partial charge >= 0.3 is 0 Å². The van der Waals surface area contributed by atoms with Gasteiger partial charge in [-0.05, 0) is 52.0 Å². The fraction of sp³-hybridized carbons (Fsp3) is 0.500. The molecule has 2 rings (SSSR count). The highest BCUT2D eigenvalue weighted by atomic mass is 16.3. The van der Waals surface area contributed by atoms with Gasteiger partial charge in [0.05, 0.1) is 23.7 Å². The highest BCUT2D eigenvalue weighted by molar-refractivity contribution is 5.35. The maximum atomic E-state index is 10.5. The summed E-state index contributed by atoms with van der Waals surface area (Å²) in [6, 6.07) is 10.1. The van der Waals surface area contributed by atoms with E-state index in [1.807, 2.05) is 41.2 Å². The quantitative estimate of drug-likeness (QED) is 0.814. The van der Waals surface area contributed by atoms with E-state index in [4.69, 9.17) is 0 Å². The van der Waals surface area contributed by atoms with Gasteiger partial charge in [0.15, 0.2) is 0 Å². The van der Waals surface area contributed by atoms with E-state index >= 15 is 0 Å². The number of aliphatic hydroxyl groups is 1. The fourth-order valence-electron chi connectivity index (χ4n) is 2.70. The van der Waals surface area contributed by atoms with Crippen molar-refractivity contribution in [2.24, 2.45) is 0 Å². The van der Waals surface area contributed by atoms with Gasteiger partial charge in [0.2, 0.25) is 0 Å². The Morgan fingerprint density at radius 3 is 2.59 bits per heavy atom. The largest absolute Gasteiger partial charge is 0.388 e. The molecule has 1 aromatic heterocycles. The second-order valence-corrected chi connectivity index (χ2v) is 6.01. The third-order valence-electron chi connectivity index (χ3n) is 3.83. The molecular formula is C18H27N3O. The van der Waals surface area contributed by atoms with Gasteiger partial charge in [0, 0.05) is 5.56 Å². The summed E-state index contributed by atoms with van der Waals surface area (Å²) in [4.78, 5) is 2.15. The molecule has 0 fully saturated rings. The first-order valence-corrected chi connectivity index (χ1v) is 8.08. The molecule has 2 aromatic rings. The zero-order chi connectivity index (χ0) is 15.9. The van der Waals surface area contributed by atoms with E-state index in [0.717, 1.165) is 49.2 Å². The predicted molar refractivity (Wildman–Crippen MR) is 90.3 cm³/mol. The van der Waals surface area contributed by atoms with Crippen LogP contribution in [-0.2, 0) is 6.42 Å². The van der Waals surface area contributed by atoms with Crippen molar-refractivity contribution in [3.8, 4) is 5.69 Å².